The molecule has 6 rings (SSSR count). The van der Waals surface area contributed by atoms with Crippen LogP contribution in [0.4, 0.5) is 13.6 Å². The second-order valence-corrected chi connectivity index (χ2v) is 12.4. The summed E-state index contributed by atoms with van der Waals surface area (Å²) in [4.78, 5) is 37.4. The molecule has 3 aliphatic heterocycles. The molecule has 1 spiro atoms. The van der Waals surface area contributed by atoms with Gasteiger partial charge in [-0.2, -0.15) is 0 Å². The van der Waals surface area contributed by atoms with Gasteiger partial charge in [-0.3, -0.25) is 9.79 Å². The fourth-order valence-corrected chi connectivity index (χ4v) is 7.81. The first-order valence-electron chi connectivity index (χ1n) is 15.4. The third-order valence-corrected chi connectivity index (χ3v) is 10.2. The third kappa shape index (κ3) is 5.60. The van der Waals surface area contributed by atoms with Crippen LogP contribution in [0.15, 0.2) is 59.6 Å². The first-order chi connectivity index (χ1) is 20.4. The monoisotopic (exact) mass is 574 g/mol. The summed E-state index contributed by atoms with van der Waals surface area (Å²) in [6.07, 6.45) is 8.85. The number of nitrogens with zero attached hydrogens (tertiary/aromatic N) is 4. The molecule has 2 saturated heterocycles. The zero-order chi connectivity index (χ0) is 29.3. The van der Waals surface area contributed by atoms with Gasteiger partial charge in [0.05, 0.1) is 6.04 Å². The Morgan fingerprint density at radius 1 is 1.02 bits per heavy atom. The molecule has 6 nitrogen and oxygen atoms in total. The summed E-state index contributed by atoms with van der Waals surface area (Å²) in [6.45, 7) is 3.11. The standard InChI is InChI=1S/C34H40F2N4O2/c1-37-28-13-18-40(31(21-28)29-20-27(35)9-10-30(29)36)33(42)39-17-12-26(34(23-39)14-5-6-15-34)22-38-16-11-25(19-32(38)41)24-7-3-2-4-8-24/h2-4,7-10,19-20,26,31H,5-6,11-18,21-23H2,1H3/t26-,31-/m0/s1. The molecule has 4 aliphatic rings. The highest BCUT2D eigenvalue weighted by atomic mass is 19.1. The van der Waals surface area contributed by atoms with Crippen LogP contribution in [0.25, 0.3) is 5.57 Å². The third-order valence-electron chi connectivity index (χ3n) is 10.2. The van der Waals surface area contributed by atoms with Crippen LogP contribution in [0, 0.1) is 23.0 Å². The Balaban J connectivity index is 1.18. The van der Waals surface area contributed by atoms with Crippen molar-refractivity contribution < 1.29 is 18.4 Å². The van der Waals surface area contributed by atoms with E-state index in [-0.39, 0.29) is 22.9 Å². The number of aliphatic imine (C=N–C) groups is 1. The maximum atomic E-state index is 14.9. The number of urea groups is 1. The predicted octanol–water partition coefficient (Wildman–Crippen LogP) is 6.49. The topological polar surface area (TPSA) is 56.2 Å². The smallest absolute Gasteiger partial charge is 0.320 e. The van der Waals surface area contributed by atoms with Crippen LogP contribution in [0.5, 0.6) is 0 Å². The van der Waals surface area contributed by atoms with Crippen LogP contribution < -0.4 is 0 Å². The molecule has 0 bridgehead atoms. The number of hydrogen-bond acceptors (Lipinski definition) is 3. The maximum absolute atomic E-state index is 14.9. The molecule has 3 fully saturated rings. The first kappa shape index (κ1) is 28.6. The van der Waals surface area contributed by atoms with E-state index in [1.165, 1.54) is 6.07 Å². The van der Waals surface area contributed by atoms with Crippen molar-refractivity contribution in [3.63, 3.8) is 0 Å². The van der Waals surface area contributed by atoms with E-state index in [1.807, 2.05) is 28.0 Å². The van der Waals surface area contributed by atoms with Gasteiger partial charge in [0.15, 0.2) is 0 Å². The molecule has 8 heteroatoms. The fraction of sp³-hybridized carbons (Fsp3) is 0.500. The van der Waals surface area contributed by atoms with E-state index in [4.69, 9.17) is 0 Å². The molecule has 0 unspecified atom stereocenters. The minimum atomic E-state index is -0.588. The highest BCUT2D eigenvalue weighted by molar-refractivity contribution is 5.97. The average Bonchev–Trinajstić information content (AvgIpc) is 3.48. The van der Waals surface area contributed by atoms with Crippen molar-refractivity contribution in [2.75, 3.05) is 39.8 Å². The minimum Gasteiger partial charge on any atom is -0.339 e. The van der Waals surface area contributed by atoms with Crippen LogP contribution in [-0.4, -0.2) is 72.1 Å². The Kier molecular flexibility index (Phi) is 8.15. The van der Waals surface area contributed by atoms with E-state index in [9.17, 15) is 18.4 Å². The number of benzene rings is 2. The Morgan fingerprint density at radius 3 is 2.55 bits per heavy atom. The Morgan fingerprint density at radius 2 is 1.81 bits per heavy atom. The molecule has 2 atom stereocenters. The second kappa shape index (κ2) is 12.0. The number of rotatable bonds is 4. The van der Waals surface area contributed by atoms with E-state index in [2.05, 4.69) is 17.1 Å². The molecule has 222 valence electrons. The lowest BCUT2D eigenvalue weighted by Gasteiger charge is -2.50. The number of carbonyl (C=O) groups excluding carboxylic acids is 2. The van der Waals surface area contributed by atoms with Crippen LogP contribution in [0.1, 0.15) is 68.5 Å². The zero-order valence-electron chi connectivity index (χ0n) is 24.4. The quantitative estimate of drug-likeness (QED) is 0.419. The van der Waals surface area contributed by atoms with Gasteiger partial charge in [-0.25, -0.2) is 13.6 Å². The van der Waals surface area contributed by atoms with Crippen molar-refractivity contribution in [3.05, 3.63) is 77.4 Å². The van der Waals surface area contributed by atoms with Crippen molar-refractivity contribution in [3.8, 4) is 0 Å². The summed E-state index contributed by atoms with van der Waals surface area (Å²) >= 11 is 0. The molecule has 1 saturated carbocycles. The van der Waals surface area contributed by atoms with Gasteiger partial charge in [-0.15, -0.1) is 0 Å². The van der Waals surface area contributed by atoms with Crippen molar-refractivity contribution in [1.29, 1.82) is 0 Å². The summed E-state index contributed by atoms with van der Waals surface area (Å²) in [5.74, 6) is -0.606. The van der Waals surface area contributed by atoms with Gasteiger partial charge in [0.2, 0.25) is 5.91 Å². The number of halogens is 2. The van der Waals surface area contributed by atoms with Crippen molar-refractivity contribution in [2.45, 2.75) is 57.4 Å². The number of likely N-dealkylation sites (tertiary alicyclic amines) is 2. The Labute approximate surface area is 247 Å². The van der Waals surface area contributed by atoms with Crippen LogP contribution in [-0.2, 0) is 4.79 Å². The summed E-state index contributed by atoms with van der Waals surface area (Å²) in [5.41, 5.74) is 3.30. The normalized spacial score (nSPS) is 25.3. The molecule has 2 aromatic carbocycles. The Hall–Kier alpha value is -3.55. The number of hydrogen-bond donors (Lipinski definition) is 0. The number of amides is 3. The summed E-state index contributed by atoms with van der Waals surface area (Å²) in [5, 5.41) is 0. The highest BCUT2D eigenvalue weighted by Gasteiger charge is 2.48. The van der Waals surface area contributed by atoms with E-state index < -0.39 is 17.7 Å². The van der Waals surface area contributed by atoms with E-state index in [1.54, 1.807) is 18.0 Å². The van der Waals surface area contributed by atoms with Crippen molar-refractivity contribution in [2.24, 2.45) is 16.3 Å². The molecule has 3 heterocycles. The molecular formula is C34H40F2N4O2. The lowest BCUT2D eigenvalue weighted by molar-refractivity contribution is -0.128. The zero-order valence-corrected chi connectivity index (χ0v) is 24.4. The SMILES string of the molecule is CN=C1CCN(C(=O)N2CC[C@@H](CN3CCC(c4ccccc4)=CC3=O)C3(CCCC3)C2)[C@H](c2cc(F)ccc2F)C1. The fourth-order valence-electron chi connectivity index (χ4n) is 7.81. The van der Waals surface area contributed by atoms with Gasteiger partial charge in [0.1, 0.15) is 11.6 Å². The van der Waals surface area contributed by atoms with Gasteiger partial charge in [0, 0.05) is 70.0 Å². The number of piperidine rings is 2. The van der Waals surface area contributed by atoms with E-state index >= 15 is 0 Å². The molecule has 0 N–H and O–H groups in total. The minimum absolute atomic E-state index is 0.0248. The summed E-state index contributed by atoms with van der Waals surface area (Å²) in [7, 11) is 1.71. The molecule has 0 aromatic heterocycles. The summed E-state index contributed by atoms with van der Waals surface area (Å²) < 4.78 is 29.1. The van der Waals surface area contributed by atoms with Crippen molar-refractivity contribution in [1.82, 2.24) is 14.7 Å². The maximum Gasteiger partial charge on any atom is 0.320 e. The molecule has 2 aromatic rings. The van der Waals surface area contributed by atoms with Crippen LogP contribution in [0.3, 0.4) is 0 Å². The summed E-state index contributed by atoms with van der Waals surface area (Å²) in [6, 6.07) is 12.9. The van der Waals surface area contributed by atoms with Gasteiger partial charge >= 0.3 is 6.03 Å². The Bertz CT molecular complexity index is 1390. The lowest BCUT2D eigenvalue weighted by atomic mass is 9.69. The number of carbonyl (C=O) groups is 2. The molecule has 3 amide bonds. The largest absolute Gasteiger partial charge is 0.339 e. The second-order valence-electron chi connectivity index (χ2n) is 12.4. The average molecular weight is 575 g/mol. The predicted molar refractivity (Wildman–Crippen MR) is 160 cm³/mol. The first-order valence-corrected chi connectivity index (χ1v) is 15.4. The van der Waals surface area contributed by atoms with Gasteiger partial charge in [0.25, 0.3) is 0 Å². The molecule has 1 aliphatic carbocycles. The van der Waals surface area contributed by atoms with E-state index in [0.29, 0.717) is 44.9 Å². The van der Waals surface area contributed by atoms with E-state index in [0.717, 1.165) is 74.1 Å². The highest BCUT2D eigenvalue weighted by Crippen LogP contribution is 2.49. The van der Waals surface area contributed by atoms with Gasteiger partial charge < -0.3 is 14.7 Å². The molecule has 42 heavy (non-hydrogen) atoms. The van der Waals surface area contributed by atoms with Gasteiger partial charge in [-0.05, 0) is 66.4 Å². The van der Waals surface area contributed by atoms with Gasteiger partial charge in [-0.1, -0.05) is 43.2 Å². The van der Waals surface area contributed by atoms with Crippen LogP contribution in [0.2, 0.25) is 0 Å². The molecular weight excluding hydrogens is 534 g/mol. The molecule has 0 radical (unpaired) electrons. The lowest BCUT2D eigenvalue weighted by Crippen LogP contribution is -2.57. The van der Waals surface area contributed by atoms with Crippen molar-refractivity contribution >= 4 is 23.2 Å². The van der Waals surface area contributed by atoms with Crippen LogP contribution >= 0.6 is 0 Å².